The van der Waals surface area contributed by atoms with Crippen molar-refractivity contribution in [1.82, 2.24) is 4.90 Å². The lowest BCUT2D eigenvalue weighted by Crippen LogP contribution is -2.33. The molecule has 0 aliphatic heterocycles. The van der Waals surface area contributed by atoms with Crippen LogP contribution in [0.3, 0.4) is 0 Å². The molecule has 1 unspecified atom stereocenters. The van der Waals surface area contributed by atoms with E-state index in [1.165, 1.54) is 24.8 Å². The van der Waals surface area contributed by atoms with E-state index in [1.807, 2.05) is 0 Å². The first-order valence-corrected chi connectivity index (χ1v) is 5.97. The van der Waals surface area contributed by atoms with Gasteiger partial charge in [0, 0.05) is 6.04 Å². The van der Waals surface area contributed by atoms with Crippen LogP contribution in [0.25, 0.3) is 0 Å². The van der Waals surface area contributed by atoms with Crippen LogP contribution < -0.4 is 0 Å². The van der Waals surface area contributed by atoms with Gasteiger partial charge in [-0.3, -0.25) is 0 Å². The number of likely N-dealkylation sites (N-methyl/N-ethyl adjacent to an activating group) is 1. The number of fused-ring (bicyclic) bond motifs is 1. The molecule has 0 N–H and O–H groups in total. The van der Waals surface area contributed by atoms with Crippen molar-refractivity contribution >= 4 is 0 Å². The standard InChI is InChI=1S/C14H21N/c1-4-11-5-6-12-7-8-14(15(2)3)10-13(12)9-11/h5-6,9,14H,4,7-8,10H2,1-3H3. The van der Waals surface area contributed by atoms with E-state index in [9.17, 15) is 0 Å². The maximum atomic E-state index is 2.41. The van der Waals surface area contributed by atoms with Crippen LogP contribution in [0.2, 0.25) is 0 Å². The maximum absolute atomic E-state index is 2.41. The van der Waals surface area contributed by atoms with Crippen molar-refractivity contribution < 1.29 is 0 Å². The fourth-order valence-electron chi connectivity index (χ4n) is 2.45. The van der Waals surface area contributed by atoms with E-state index < -0.39 is 0 Å². The number of hydrogen-bond donors (Lipinski definition) is 0. The minimum Gasteiger partial charge on any atom is -0.306 e. The summed E-state index contributed by atoms with van der Waals surface area (Å²) in [5.41, 5.74) is 4.64. The molecule has 0 spiro atoms. The van der Waals surface area contributed by atoms with E-state index in [1.54, 1.807) is 11.1 Å². The van der Waals surface area contributed by atoms with Gasteiger partial charge in [0.2, 0.25) is 0 Å². The molecule has 0 bridgehead atoms. The highest BCUT2D eigenvalue weighted by molar-refractivity contribution is 5.34. The predicted octanol–water partition coefficient (Wildman–Crippen LogP) is 2.67. The second-order valence-corrected chi connectivity index (χ2v) is 4.82. The molecule has 1 aromatic rings. The molecule has 1 aliphatic rings. The fraction of sp³-hybridized carbons (Fsp3) is 0.571. The van der Waals surface area contributed by atoms with Gasteiger partial charge in [-0.25, -0.2) is 0 Å². The average Bonchev–Trinajstić information content (AvgIpc) is 2.27. The molecule has 0 saturated carbocycles. The van der Waals surface area contributed by atoms with Gasteiger partial charge in [0.1, 0.15) is 0 Å². The molecule has 0 aromatic heterocycles. The lowest BCUT2D eigenvalue weighted by molar-refractivity contribution is 0.268. The molecule has 2 rings (SSSR count). The summed E-state index contributed by atoms with van der Waals surface area (Å²) in [6, 6.07) is 7.77. The second kappa shape index (κ2) is 4.36. The quantitative estimate of drug-likeness (QED) is 0.714. The van der Waals surface area contributed by atoms with Gasteiger partial charge in [0.15, 0.2) is 0 Å². The summed E-state index contributed by atoms with van der Waals surface area (Å²) >= 11 is 0. The Labute approximate surface area is 93.1 Å². The summed E-state index contributed by atoms with van der Waals surface area (Å²) in [4.78, 5) is 2.36. The Morgan fingerprint density at radius 3 is 2.73 bits per heavy atom. The SMILES string of the molecule is CCc1ccc2c(c1)CC(N(C)C)CC2. The van der Waals surface area contributed by atoms with Crippen LogP contribution in [0.1, 0.15) is 30.0 Å². The average molecular weight is 203 g/mol. The van der Waals surface area contributed by atoms with E-state index in [0.29, 0.717) is 0 Å². The van der Waals surface area contributed by atoms with Crippen molar-refractivity contribution in [3.8, 4) is 0 Å². The van der Waals surface area contributed by atoms with Gasteiger partial charge in [0.25, 0.3) is 0 Å². The number of benzene rings is 1. The molecule has 1 nitrogen and oxygen atoms in total. The number of aryl methyl sites for hydroxylation is 2. The third kappa shape index (κ3) is 2.23. The minimum absolute atomic E-state index is 0.740. The van der Waals surface area contributed by atoms with Gasteiger partial charge in [-0.05, 0) is 56.5 Å². The molecule has 0 radical (unpaired) electrons. The zero-order chi connectivity index (χ0) is 10.8. The van der Waals surface area contributed by atoms with Gasteiger partial charge < -0.3 is 4.90 Å². The van der Waals surface area contributed by atoms with Crippen molar-refractivity contribution in [2.24, 2.45) is 0 Å². The maximum Gasteiger partial charge on any atom is 0.0133 e. The molecule has 82 valence electrons. The van der Waals surface area contributed by atoms with E-state index >= 15 is 0 Å². The van der Waals surface area contributed by atoms with Crippen LogP contribution in [0, 0.1) is 0 Å². The molecule has 1 aliphatic carbocycles. The summed E-state index contributed by atoms with van der Waals surface area (Å²) in [6.07, 6.45) is 4.95. The zero-order valence-corrected chi connectivity index (χ0v) is 10.1. The first-order chi connectivity index (χ1) is 7.20. The molecule has 1 atom stereocenters. The highest BCUT2D eigenvalue weighted by Gasteiger charge is 2.19. The molecule has 15 heavy (non-hydrogen) atoms. The predicted molar refractivity (Wildman–Crippen MR) is 65.3 cm³/mol. The van der Waals surface area contributed by atoms with E-state index in [2.05, 4.69) is 44.1 Å². The Balaban J connectivity index is 2.23. The first-order valence-electron chi connectivity index (χ1n) is 5.97. The zero-order valence-electron chi connectivity index (χ0n) is 10.1. The lowest BCUT2D eigenvalue weighted by Gasteiger charge is -2.30. The molecular formula is C14H21N. The van der Waals surface area contributed by atoms with Crippen LogP contribution in [-0.2, 0) is 19.3 Å². The smallest absolute Gasteiger partial charge is 0.0133 e. The minimum atomic E-state index is 0.740. The van der Waals surface area contributed by atoms with Crippen LogP contribution in [0.15, 0.2) is 18.2 Å². The molecule has 0 saturated heterocycles. The van der Waals surface area contributed by atoms with Crippen molar-refractivity contribution in [2.45, 2.75) is 38.6 Å². The normalized spacial score (nSPS) is 20.4. The van der Waals surface area contributed by atoms with E-state index in [-0.39, 0.29) is 0 Å². The Kier molecular flexibility index (Phi) is 3.11. The number of nitrogens with zero attached hydrogens (tertiary/aromatic N) is 1. The van der Waals surface area contributed by atoms with E-state index in [4.69, 9.17) is 0 Å². The van der Waals surface area contributed by atoms with Gasteiger partial charge >= 0.3 is 0 Å². The third-order valence-corrected chi connectivity index (χ3v) is 3.61. The summed E-state index contributed by atoms with van der Waals surface area (Å²) in [5.74, 6) is 0. The van der Waals surface area contributed by atoms with Crippen molar-refractivity contribution in [1.29, 1.82) is 0 Å². The largest absolute Gasteiger partial charge is 0.306 e. The molecule has 1 heteroatoms. The van der Waals surface area contributed by atoms with Gasteiger partial charge in [0.05, 0.1) is 0 Å². The molecule has 1 aromatic carbocycles. The first kappa shape index (κ1) is 10.7. The Hall–Kier alpha value is -0.820. The van der Waals surface area contributed by atoms with Crippen LogP contribution >= 0.6 is 0 Å². The van der Waals surface area contributed by atoms with Crippen molar-refractivity contribution in [3.63, 3.8) is 0 Å². The van der Waals surface area contributed by atoms with Gasteiger partial charge in [-0.1, -0.05) is 25.1 Å². The molecular weight excluding hydrogens is 182 g/mol. The van der Waals surface area contributed by atoms with Gasteiger partial charge in [-0.2, -0.15) is 0 Å². The van der Waals surface area contributed by atoms with Crippen molar-refractivity contribution in [2.75, 3.05) is 14.1 Å². The monoisotopic (exact) mass is 203 g/mol. The summed E-state index contributed by atoms with van der Waals surface area (Å²) in [7, 11) is 4.39. The fourth-order valence-corrected chi connectivity index (χ4v) is 2.45. The Morgan fingerprint density at radius 2 is 2.07 bits per heavy atom. The third-order valence-electron chi connectivity index (χ3n) is 3.61. The topological polar surface area (TPSA) is 3.24 Å². The van der Waals surface area contributed by atoms with Crippen LogP contribution in [0.5, 0.6) is 0 Å². The lowest BCUT2D eigenvalue weighted by atomic mass is 9.86. The summed E-state index contributed by atoms with van der Waals surface area (Å²) in [6.45, 7) is 2.23. The van der Waals surface area contributed by atoms with Crippen LogP contribution in [0.4, 0.5) is 0 Å². The van der Waals surface area contributed by atoms with E-state index in [0.717, 1.165) is 12.5 Å². The summed E-state index contributed by atoms with van der Waals surface area (Å²) < 4.78 is 0. The summed E-state index contributed by atoms with van der Waals surface area (Å²) in [5, 5.41) is 0. The number of rotatable bonds is 2. The highest BCUT2D eigenvalue weighted by atomic mass is 15.1. The molecule has 0 heterocycles. The van der Waals surface area contributed by atoms with Crippen molar-refractivity contribution in [3.05, 3.63) is 34.9 Å². The molecule has 0 amide bonds. The Morgan fingerprint density at radius 1 is 1.27 bits per heavy atom. The van der Waals surface area contributed by atoms with Gasteiger partial charge in [-0.15, -0.1) is 0 Å². The van der Waals surface area contributed by atoms with Crippen LogP contribution in [-0.4, -0.2) is 25.0 Å². The Bertz CT molecular complexity index is 341. The molecule has 0 fully saturated rings. The highest BCUT2D eigenvalue weighted by Crippen LogP contribution is 2.24. The number of hydrogen-bond acceptors (Lipinski definition) is 1. The second-order valence-electron chi connectivity index (χ2n) is 4.82.